The molecule has 0 aromatic heterocycles. The lowest BCUT2D eigenvalue weighted by Crippen LogP contribution is -2.29. The van der Waals surface area contributed by atoms with Gasteiger partial charge >= 0.3 is 12.5 Å². The molecule has 0 N–H and O–H groups in total. The zero-order chi connectivity index (χ0) is 27.7. The summed E-state index contributed by atoms with van der Waals surface area (Å²) >= 11 is 0. The van der Waals surface area contributed by atoms with Crippen LogP contribution in [0.3, 0.4) is 0 Å². The van der Waals surface area contributed by atoms with Gasteiger partial charge in [0.1, 0.15) is 23.0 Å². The number of alkyl halides is 5. The summed E-state index contributed by atoms with van der Waals surface area (Å²) < 4.78 is 111. The van der Waals surface area contributed by atoms with Gasteiger partial charge in [0, 0.05) is 5.56 Å². The minimum absolute atomic E-state index is 0.153. The predicted molar refractivity (Wildman–Crippen MR) is 128 cm³/mol. The Kier molecular flexibility index (Phi) is 8.75. The van der Waals surface area contributed by atoms with Gasteiger partial charge in [-0.25, -0.2) is 17.9 Å². The molecule has 0 unspecified atom stereocenters. The van der Waals surface area contributed by atoms with Crippen molar-refractivity contribution in [1.29, 1.82) is 0 Å². The van der Waals surface area contributed by atoms with Gasteiger partial charge in [-0.05, 0) is 91.5 Å². The van der Waals surface area contributed by atoms with Gasteiger partial charge in [-0.1, -0.05) is 44.7 Å². The van der Waals surface area contributed by atoms with Gasteiger partial charge < -0.3 is 0 Å². The highest BCUT2D eigenvalue weighted by atomic mass is 19.4. The van der Waals surface area contributed by atoms with E-state index in [0.717, 1.165) is 43.1 Å². The monoisotopic (exact) mass is 548 g/mol. The smallest absolute Gasteiger partial charge is 0.222 e. The quantitative estimate of drug-likeness (QED) is 0.313. The molecular weight excluding hydrogens is 516 g/mol. The molecule has 0 saturated heterocycles. The van der Waals surface area contributed by atoms with E-state index in [0.29, 0.717) is 18.1 Å². The van der Waals surface area contributed by atoms with Crippen LogP contribution < -0.4 is 0 Å². The molecule has 2 aromatic carbocycles. The van der Waals surface area contributed by atoms with Crippen molar-refractivity contribution in [1.82, 2.24) is 0 Å². The Labute approximate surface area is 217 Å². The van der Waals surface area contributed by atoms with Crippen molar-refractivity contribution in [2.24, 2.45) is 17.8 Å². The van der Waals surface area contributed by atoms with E-state index >= 15 is 4.39 Å². The van der Waals surface area contributed by atoms with Crippen molar-refractivity contribution >= 4 is 0 Å². The van der Waals surface area contributed by atoms with Crippen molar-refractivity contribution in [3.8, 4) is 11.1 Å². The summed E-state index contributed by atoms with van der Waals surface area (Å²) in [6.45, 7) is 2.23. The van der Waals surface area contributed by atoms with Crippen LogP contribution in [0.4, 0.5) is 35.1 Å². The Morgan fingerprint density at radius 1 is 0.737 bits per heavy atom. The number of halogens is 8. The molecule has 210 valence electrons. The Hall–Kier alpha value is -2.16. The fraction of sp³-hybridized carbons (Fsp3) is 0.586. The topological polar surface area (TPSA) is 9.23 Å². The van der Waals surface area contributed by atoms with Gasteiger partial charge in [-0.2, -0.15) is 8.78 Å². The molecule has 0 radical (unpaired) electrons. The maximum atomic E-state index is 15.0. The van der Waals surface area contributed by atoms with E-state index in [4.69, 9.17) is 0 Å². The van der Waals surface area contributed by atoms with E-state index in [9.17, 15) is 30.7 Å². The Morgan fingerprint density at radius 3 is 1.79 bits per heavy atom. The molecule has 1 nitrogen and oxygen atoms in total. The third kappa shape index (κ3) is 6.69. The molecule has 0 heterocycles. The van der Waals surface area contributed by atoms with Crippen LogP contribution in [0.5, 0.6) is 0 Å². The van der Waals surface area contributed by atoms with Crippen LogP contribution in [0.25, 0.3) is 11.1 Å². The first-order chi connectivity index (χ1) is 17.9. The molecule has 9 heteroatoms. The fourth-order valence-electron chi connectivity index (χ4n) is 6.50. The lowest BCUT2D eigenvalue weighted by Gasteiger charge is -2.38. The lowest BCUT2D eigenvalue weighted by molar-refractivity contribution is -0.432. The highest BCUT2D eigenvalue weighted by Crippen LogP contribution is 2.45. The molecule has 0 spiro atoms. The summed E-state index contributed by atoms with van der Waals surface area (Å²) in [5.41, 5.74) is -2.07. The van der Waals surface area contributed by atoms with Gasteiger partial charge in [0.25, 0.3) is 0 Å². The van der Waals surface area contributed by atoms with Crippen LogP contribution in [0.1, 0.15) is 88.2 Å². The molecule has 2 saturated carbocycles. The third-order valence-corrected chi connectivity index (χ3v) is 8.38. The standard InChI is InChI=1S/C29H32F8O/c1-2-3-17-4-6-18(7-5-17)19-8-10-20(11-9-19)21-12-13-23(24(30)14-21)22-15-25(31)27(26(32)16-22)28(33,34)38-29(35,36)37/h12-20H,2-11H2,1H3. The number of benzene rings is 2. The molecule has 2 aliphatic rings. The van der Waals surface area contributed by atoms with Crippen LogP contribution in [0.2, 0.25) is 0 Å². The van der Waals surface area contributed by atoms with Crippen LogP contribution in [0.15, 0.2) is 30.3 Å². The molecule has 2 fully saturated rings. The van der Waals surface area contributed by atoms with E-state index in [2.05, 4.69) is 11.7 Å². The molecule has 2 aliphatic carbocycles. The molecule has 0 amide bonds. The second-order valence-electron chi connectivity index (χ2n) is 10.8. The van der Waals surface area contributed by atoms with E-state index in [-0.39, 0.29) is 11.5 Å². The van der Waals surface area contributed by atoms with Gasteiger partial charge in [0.15, 0.2) is 0 Å². The zero-order valence-corrected chi connectivity index (χ0v) is 21.2. The summed E-state index contributed by atoms with van der Waals surface area (Å²) in [4.78, 5) is 0. The van der Waals surface area contributed by atoms with E-state index in [1.807, 2.05) is 0 Å². The average molecular weight is 549 g/mol. The Bertz CT molecular complexity index is 1070. The molecule has 38 heavy (non-hydrogen) atoms. The SMILES string of the molecule is CCCC1CCC(C2CCC(c3ccc(-c4cc(F)c(C(F)(F)OC(F)(F)F)c(F)c4)c(F)c3)CC2)CC1. The highest BCUT2D eigenvalue weighted by Gasteiger charge is 2.49. The van der Waals surface area contributed by atoms with Crippen LogP contribution >= 0.6 is 0 Å². The second-order valence-corrected chi connectivity index (χ2v) is 10.8. The van der Waals surface area contributed by atoms with E-state index in [1.165, 1.54) is 50.7 Å². The largest absolute Gasteiger partial charge is 0.527 e. The summed E-state index contributed by atoms with van der Waals surface area (Å²) in [6, 6.07) is 5.03. The molecule has 0 atom stereocenters. The lowest BCUT2D eigenvalue weighted by atomic mass is 9.68. The molecule has 4 rings (SSSR count). The first kappa shape index (κ1) is 28.8. The number of rotatable bonds is 7. The average Bonchev–Trinajstić information content (AvgIpc) is 2.82. The van der Waals surface area contributed by atoms with Gasteiger partial charge in [-0.15, -0.1) is 13.2 Å². The van der Waals surface area contributed by atoms with Crippen molar-refractivity contribution in [2.75, 3.05) is 0 Å². The molecular formula is C29H32F8O. The normalized spacial score (nSPS) is 25.0. The van der Waals surface area contributed by atoms with Crippen molar-refractivity contribution in [3.63, 3.8) is 0 Å². The summed E-state index contributed by atoms with van der Waals surface area (Å²) in [5, 5.41) is 0. The molecule has 0 aliphatic heterocycles. The fourth-order valence-corrected chi connectivity index (χ4v) is 6.50. The Morgan fingerprint density at radius 2 is 1.29 bits per heavy atom. The first-order valence-electron chi connectivity index (χ1n) is 13.3. The van der Waals surface area contributed by atoms with Crippen molar-refractivity contribution in [3.05, 3.63) is 58.9 Å². The second kappa shape index (κ2) is 11.5. The first-order valence-corrected chi connectivity index (χ1v) is 13.3. The summed E-state index contributed by atoms with van der Waals surface area (Å²) in [7, 11) is 0. The molecule has 2 aromatic rings. The minimum atomic E-state index is -5.82. The van der Waals surface area contributed by atoms with Gasteiger partial charge in [0.2, 0.25) is 0 Å². The number of hydrogen-bond acceptors (Lipinski definition) is 1. The third-order valence-electron chi connectivity index (χ3n) is 8.38. The predicted octanol–water partition coefficient (Wildman–Crippen LogP) is 10.2. The van der Waals surface area contributed by atoms with Crippen molar-refractivity contribution in [2.45, 2.75) is 89.5 Å². The maximum Gasteiger partial charge on any atom is 0.527 e. The summed E-state index contributed by atoms with van der Waals surface area (Å²) in [5.74, 6) is -2.28. The van der Waals surface area contributed by atoms with Crippen LogP contribution in [-0.2, 0) is 10.8 Å². The number of hydrogen-bond donors (Lipinski definition) is 0. The minimum Gasteiger partial charge on any atom is -0.222 e. The van der Waals surface area contributed by atoms with Gasteiger partial charge in [0.05, 0.1) is 0 Å². The van der Waals surface area contributed by atoms with Crippen molar-refractivity contribution < 1.29 is 39.9 Å². The zero-order valence-electron chi connectivity index (χ0n) is 21.2. The van der Waals surface area contributed by atoms with E-state index < -0.39 is 41.0 Å². The Balaban J connectivity index is 1.43. The highest BCUT2D eigenvalue weighted by molar-refractivity contribution is 5.65. The van der Waals surface area contributed by atoms with E-state index in [1.54, 1.807) is 6.07 Å². The van der Waals surface area contributed by atoms with Crippen LogP contribution in [0, 0.1) is 35.2 Å². The van der Waals surface area contributed by atoms with Gasteiger partial charge in [-0.3, -0.25) is 0 Å². The molecule has 0 bridgehead atoms. The summed E-state index contributed by atoms with van der Waals surface area (Å²) in [6.07, 6.45) is 0.591. The maximum absolute atomic E-state index is 15.0. The number of ether oxygens (including phenoxy) is 1. The van der Waals surface area contributed by atoms with Crippen LogP contribution in [-0.4, -0.2) is 6.36 Å².